The first-order chi connectivity index (χ1) is 13.7. The topological polar surface area (TPSA) is 94.9 Å². The molecule has 0 spiro atoms. The Kier molecular flexibility index (Phi) is 3.40. The number of carbonyl (C=O) groups excluding carboxylic acids is 3. The van der Waals surface area contributed by atoms with Gasteiger partial charge in [-0.1, -0.05) is 62.4 Å². The van der Waals surface area contributed by atoms with Gasteiger partial charge in [-0.15, -0.1) is 0 Å². The van der Waals surface area contributed by atoms with Crippen molar-refractivity contribution in [3.63, 3.8) is 0 Å². The van der Waals surface area contributed by atoms with Gasteiger partial charge in [-0.25, -0.2) is 0 Å². The molecular weight excluding hydrogens is 370 g/mol. The van der Waals surface area contributed by atoms with Gasteiger partial charge in [0, 0.05) is 28.8 Å². The maximum absolute atomic E-state index is 13.4. The fraction of sp³-hybridized carbons (Fsp3) is 0.261. The first-order valence-electron chi connectivity index (χ1n) is 9.54. The molecule has 2 aliphatic carbocycles. The Morgan fingerprint density at radius 2 is 1.41 bits per heavy atom. The second kappa shape index (κ2) is 5.49. The number of fused-ring (bicyclic) bond motifs is 5. The molecule has 2 atom stereocenters. The Morgan fingerprint density at radius 3 is 2.03 bits per heavy atom. The fourth-order valence-electron chi connectivity index (χ4n) is 4.87. The van der Waals surface area contributed by atoms with Gasteiger partial charge in [0.2, 0.25) is 22.9 Å². The molecule has 5 rings (SSSR count). The lowest BCUT2D eigenvalue weighted by molar-refractivity contribution is -0.171. The molecule has 2 N–H and O–H groups in total. The Bertz CT molecular complexity index is 1160. The van der Waals surface area contributed by atoms with E-state index in [-0.39, 0.29) is 46.0 Å². The van der Waals surface area contributed by atoms with Gasteiger partial charge in [-0.2, -0.15) is 0 Å². The maximum Gasteiger partial charge on any atom is 0.211 e. The van der Waals surface area contributed by atoms with Crippen LogP contribution in [-0.2, 0) is 5.72 Å². The van der Waals surface area contributed by atoms with Crippen LogP contribution in [0.25, 0.3) is 0 Å². The molecule has 0 aromatic heterocycles. The van der Waals surface area contributed by atoms with Gasteiger partial charge in [0.1, 0.15) is 0 Å². The van der Waals surface area contributed by atoms with E-state index < -0.39 is 28.7 Å². The van der Waals surface area contributed by atoms with Crippen molar-refractivity contribution in [1.82, 2.24) is 4.90 Å². The lowest BCUT2D eigenvalue weighted by Gasteiger charge is -2.40. The Hall–Kier alpha value is -3.09. The molecule has 6 nitrogen and oxygen atoms in total. The minimum absolute atomic E-state index is 0.0157. The fourth-order valence-corrected chi connectivity index (χ4v) is 4.87. The zero-order chi connectivity index (χ0) is 20.7. The molecule has 0 bridgehead atoms. The highest BCUT2D eigenvalue weighted by Crippen LogP contribution is 2.58. The SMILES string of the molecule is CC(C)CN1C2=C(C(=O)c3ccccc3C2=O)C2(O)C(=O)c3ccccc3C12O. The van der Waals surface area contributed by atoms with E-state index in [0.717, 1.165) is 0 Å². The number of Topliss-reactive ketones (excluding diaryl/α,β-unsaturated/α-hetero) is 3. The van der Waals surface area contributed by atoms with Crippen LogP contribution in [0.4, 0.5) is 0 Å². The van der Waals surface area contributed by atoms with Crippen LogP contribution in [0.15, 0.2) is 59.8 Å². The van der Waals surface area contributed by atoms with E-state index in [4.69, 9.17) is 0 Å². The quantitative estimate of drug-likeness (QED) is 0.817. The van der Waals surface area contributed by atoms with Gasteiger partial charge in [0.15, 0.2) is 5.78 Å². The summed E-state index contributed by atoms with van der Waals surface area (Å²) in [4.78, 5) is 41.5. The van der Waals surface area contributed by atoms with E-state index in [1.165, 1.54) is 17.0 Å². The van der Waals surface area contributed by atoms with Crippen LogP contribution in [0.1, 0.15) is 50.5 Å². The third kappa shape index (κ3) is 1.86. The number of allylic oxidation sites excluding steroid dienone is 1. The van der Waals surface area contributed by atoms with Crippen molar-refractivity contribution in [2.75, 3.05) is 6.54 Å². The highest BCUT2D eigenvalue weighted by Gasteiger charge is 2.74. The summed E-state index contributed by atoms with van der Waals surface area (Å²) in [6, 6.07) is 12.7. The number of benzene rings is 2. The Labute approximate surface area is 167 Å². The van der Waals surface area contributed by atoms with Crippen LogP contribution in [0.5, 0.6) is 0 Å². The smallest absolute Gasteiger partial charge is 0.211 e. The molecule has 29 heavy (non-hydrogen) atoms. The van der Waals surface area contributed by atoms with E-state index in [1.807, 2.05) is 13.8 Å². The molecule has 0 radical (unpaired) electrons. The predicted octanol–water partition coefficient (Wildman–Crippen LogP) is 2.06. The normalized spacial score (nSPS) is 27.3. The first kappa shape index (κ1) is 18.0. The van der Waals surface area contributed by atoms with Crippen molar-refractivity contribution in [2.45, 2.75) is 25.2 Å². The minimum atomic E-state index is -2.54. The molecule has 1 aliphatic heterocycles. The lowest BCUT2D eigenvalue weighted by Crippen LogP contribution is -2.58. The van der Waals surface area contributed by atoms with Crippen molar-refractivity contribution >= 4 is 17.3 Å². The third-order valence-corrected chi connectivity index (χ3v) is 6.05. The van der Waals surface area contributed by atoms with Crippen molar-refractivity contribution in [2.24, 2.45) is 5.92 Å². The lowest BCUT2D eigenvalue weighted by atomic mass is 9.78. The molecule has 2 unspecified atom stereocenters. The summed E-state index contributed by atoms with van der Waals surface area (Å²) in [7, 11) is 0. The van der Waals surface area contributed by atoms with E-state index in [2.05, 4.69) is 0 Å². The first-order valence-corrected chi connectivity index (χ1v) is 9.54. The van der Waals surface area contributed by atoms with E-state index in [1.54, 1.807) is 36.4 Å². The van der Waals surface area contributed by atoms with Crippen molar-refractivity contribution < 1.29 is 24.6 Å². The van der Waals surface area contributed by atoms with E-state index in [9.17, 15) is 24.6 Å². The number of rotatable bonds is 2. The Balaban J connectivity index is 1.86. The molecule has 0 saturated carbocycles. The van der Waals surface area contributed by atoms with Gasteiger partial charge in [0.05, 0.1) is 11.3 Å². The third-order valence-electron chi connectivity index (χ3n) is 6.05. The molecule has 2 aromatic carbocycles. The Morgan fingerprint density at radius 1 is 0.862 bits per heavy atom. The summed E-state index contributed by atoms with van der Waals surface area (Å²) in [5.74, 6) is -1.87. The van der Waals surface area contributed by atoms with Crippen LogP contribution in [0.2, 0.25) is 0 Å². The monoisotopic (exact) mass is 389 g/mol. The van der Waals surface area contributed by atoms with E-state index >= 15 is 0 Å². The molecule has 146 valence electrons. The zero-order valence-corrected chi connectivity index (χ0v) is 16.0. The number of aliphatic hydroxyl groups is 2. The average Bonchev–Trinajstić information content (AvgIpc) is 3.02. The van der Waals surface area contributed by atoms with Crippen molar-refractivity contribution in [1.29, 1.82) is 0 Å². The molecule has 2 aromatic rings. The van der Waals surface area contributed by atoms with Gasteiger partial charge >= 0.3 is 0 Å². The maximum atomic E-state index is 13.4. The molecule has 3 aliphatic rings. The molecule has 0 fully saturated rings. The molecule has 0 saturated heterocycles. The molecule has 0 amide bonds. The number of hydrogen-bond acceptors (Lipinski definition) is 6. The summed E-state index contributed by atoms with van der Waals surface area (Å²) in [6.07, 6.45) is 0. The van der Waals surface area contributed by atoms with Crippen LogP contribution in [0, 0.1) is 5.92 Å². The van der Waals surface area contributed by atoms with Crippen molar-refractivity contribution in [3.8, 4) is 0 Å². The number of carbonyl (C=O) groups is 3. The van der Waals surface area contributed by atoms with Crippen LogP contribution >= 0.6 is 0 Å². The highest BCUT2D eigenvalue weighted by atomic mass is 16.4. The van der Waals surface area contributed by atoms with Crippen molar-refractivity contribution in [3.05, 3.63) is 82.1 Å². The average molecular weight is 389 g/mol. The molecule has 6 heteroatoms. The summed E-state index contributed by atoms with van der Waals surface area (Å²) in [6.45, 7) is 3.97. The second-order valence-corrected chi connectivity index (χ2v) is 8.19. The number of ketones is 3. The summed E-state index contributed by atoms with van der Waals surface area (Å²) in [5, 5.41) is 23.6. The zero-order valence-electron chi connectivity index (χ0n) is 16.0. The summed E-state index contributed by atoms with van der Waals surface area (Å²) < 4.78 is 0. The van der Waals surface area contributed by atoms with Gasteiger partial charge in [0.25, 0.3) is 0 Å². The standard InChI is InChI=1S/C23H19NO5/c1-12(2)11-24-18-17(19(25)13-7-3-4-8-14(13)20(18)26)22(28)21(27)15-9-5-6-10-16(15)23(22,24)29/h3-10,12,28-29H,11H2,1-2H3. The summed E-state index contributed by atoms with van der Waals surface area (Å²) in [5.41, 5.74) is -4.49. The number of hydrogen-bond donors (Lipinski definition) is 2. The highest BCUT2D eigenvalue weighted by molar-refractivity contribution is 6.32. The van der Waals surface area contributed by atoms with Gasteiger partial charge < -0.3 is 15.1 Å². The molecular formula is C23H19NO5. The predicted molar refractivity (Wildman–Crippen MR) is 103 cm³/mol. The van der Waals surface area contributed by atoms with Crippen LogP contribution in [0.3, 0.4) is 0 Å². The second-order valence-electron chi connectivity index (χ2n) is 8.19. The van der Waals surface area contributed by atoms with Crippen LogP contribution in [-0.4, -0.2) is 44.6 Å². The largest absolute Gasteiger partial charge is 0.372 e. The minimum Gasteiger partial charge on any atom is -0.372 e. The van der Waals surface area contributed by atoms with Gasteiger partial charge in [-0.3, -0.25) is 14.4 Å². The van der Waals surface area contributed by atoms with Crippen LogP contribution < -0.4 is 0 Å². The molecule has 1 heterocycles. The van der Waals surface area contributed by atoms with Gasteiger partial charge in [-0.05, 0) is 5.92 Å². The number of nitrogens with zero attached hydrogens (tertiary/aromatic N) is 1. The summed E-state index contributed by atoms with van der Waals surface area (Å²) >= 11 is 0. The van der Waals surface area contributed by atoms with E-state index in [0.29, 0.717) is 0 Å².